The van der Waals surface area contributed by atoms with Crippen molar-refractivity contribution in [3.8, 4) is 0 Å². The van der Waals surface area contributed by atoms with Gasteiger partial charge >= 0.3 is 0 Å². The minimum atomic E-state index is -0.0532. The standard InChI is InChI=1S/C10H17NO2S/c1-8-13-10(7-14-8)6-11(12)4-2-9(10)3-5-11/h8-9H,2-7H2,1H3/t8-,9?,10-,11?/m0/s1. The molecule has 4 rings (SSSR count). The summed E-state index contributed by atoms with van der Waals surface area (Å²) in [5.41, 5.74) is 0.240. The van der Waals surface area contributed by atoms with Gasteiger partial charge in [-0.2, -0.15) is 0 Å². The van der Waals surface area contributed by atoms with E-state index in [1.54, 1.807) is 0 Å². The lowest BCUT2D eigenvalue weighted by Gasteiger charge is -2.59. The van der Waals surface area contributed by atoms with Crippen LogP contribution in [0.2, 0.25) is 0 Å². The molecule has 2 bridgehead atoms. The SMILES string of the molecule is C[C@H]1O[C@]2(CS1)C[N+]1([O-])CCC2CC1. The highest BCUT2D eigenvalue weighted by Crippen LogP contribution is 2.48. The Hall–Kier alpha value is 0.230. The molecule has 14 heavy (non-hydrogen) atoms. The second kappa shape index (κ2) is 2.88. The van der Waals surface area contributed by atoms with Crippen molar-refractivity contribution >= 4 is 11.8 Å². The van der Waals surface area contributed by atoms with E-state index in [1.807, 2.05) is 11.8 Å². The van der Waals surface area contributed by atoms with Crippen molar-refractivity contribution in [2.75, 3.05) is 25.4 Å². The molecule has 0 aromatic heterocycles. The number of thioether (sulfide) groups is 1. The molecular formula is C10H17NO2S. The first kappa shape index (κ1) is 9.46. The fourth-order valence-electron chi connectivity index (χ4n) is 3.29. The van der Waals surface area contributed by atoms with Gasteiger partial charge in [0.15, 0.2) is 0 Å². The summed E-state index contributed by atoms with van der Waals surface area (Å²) in [6, 6.07) is 0. The van der Waals surface area contributed by atoms with Crippen LogP contribution in [0, 0.1) is 11.1 Å². The fourth-order valence-corrected chi connectivity index (χ4v) is 4.46. The number of piperidine rings is 3. The summed E-state index contributed by atoms with van der Waals surface area (Å²) >= 11 is 1.87. The van der Waals surface area contributed by atoms with Crippen LogP contribution in [0.5, 0.6) is 0 Å². The van der Waals surface area contributed by atoms with E-state index < -0.39 is 0 Å². The van der Waals surface area contributed by atoms with Gasteiger partial charge in [0.25, 0.3) is 0 Å². The number of hydroxylamine groups is 3. The highest BCUT2D eigenvalue weighted by atomic mass is 32.2. The second-order valence-corrected chi connectivity index (χ2v) is 6.28. The molecule has 4 aliphatic heterocycles. The zero-order chi connectivity index (χ0) is 9.81. The highest BCUT2D eigenvalue weighted by Gasteiger charge is 2.56. The van der Waals surface area contributed by atoms with Crippen molar-refractivity contribution in [1.29, 1.82) is 0 Å². The Labute approximate surface area is 89.0 Å². The molecular weight excluding hydrogens is 198 g/mol. The number of rotatable bonds is 0. The topological polar surface area (TPSA) is 32.3 Å². The number of hydrogen-bond donors (Lipinski definition) is 0. The van der Waals surface area contributed by atoms with Crippen LogP contribution in [0.15, 0.2) is 0 Å². The average Bonchev–Trinajstić information content (AvgIpc) is 2.47. The van der Waals surface area contributed by atoms with E-state index in [-0.39, 0.29) is 10.2 Å². The van der Waals surface area contributed by atoms with E-state index in [2.05, 4.69) is 6.92 Å². The van der Waals surface area contributed by atoms with Crippen molar-refractivity contribution in [3.05, 3.63) is 5.21 Å². The van der Waals surface area contributed by atoms with E-state index in [4.69, 9.17) is 4.74 Å². The first-order chi connectivity index (χ1) is 6.62. The molecule has 0 N–H and O–H groups in total. The van der Waals surface area contributed by atoms with Crippen LogP contribution in [-0.2, 0) is 4.74 Å². The van der Waals surface area contributed by atoms with Crippen LogP contribution in [0.25, 0.3) is 0 Å². The lowest BCUT2D eigenvalue weighted by molar-refractivity contribution is -0.905. The Balaban J connectivity index is 1.87. The van der Waals surface area contributed by atoms with Gasteiger partial charge in [0, 0.05) is 24.5 Å². The molecule has 80 valence electrons. The average molecular weight is 215 g/mol. The van der Waals surface area contributed by atoms with Gasteiger partial charge in [-0.05, 0) is 6.92 Å². The zero-order valence-corrected chi connectivity index (χ0v) is 9.39. The Morgan fingerprint density at radius 1 is 1.43 bits per heavy atom. The third-order valence-corrected chi connectivity index (χ3v) is 5.25. The van der Waals surface area contributed by atoms with E-state index in [0.717, 1.165) is 38.2 Å². The Bertz CT molecular complexity index is 253. The summed E-state index contributed by atoms with van der Waals surface area (Å²) in [7, 11) is 0. The van der Waals surface area contributed by atoms with Gasteiger partial charge in [-0.1, -0.05) is 0 Å². The number of quaternary nitrogens is 1. The summed E-state index contributed by atoms with van der Waals surface area (Å²) < 4.78 is 6.05. The molecule has 3 nitrogen and oxygen atoms in total. The second-order valence-electron chi connectivity index (χ2n) is 5.00. The van der Waals surface area contributed by atoms with E-state index in [1.165, 1.54) is 0 Å². The van der Waals surface area contributed by atoms with Crippen LogP contribution < -0.4 is 0 Å². The molecule has 0 aromatic carbocycles. The maximum Gasteiger partial charge on any atom is 0.131 e. The number of hydrogen-bond acceptors (Lipinski definition) is 3. The number of ether oxygens (including phenoxy) is 1. The smallest absolute Gasteiger partial charge is 0.131 e. The molecule has 2 atom stereocenters. The molecule has 0 aromatic rings. The number of fused-ring (bicyclic) bond motifs is 2. The minimum Gasteiger partial charge on any atom is -0.633 e. The van der Waals surface area contributed by atoms with E-state index >= 15 is 0 Å². The van der Waals surface area contributed by atoms with Crippen LogP contribution >= 0.6 is 11.8 Å². The first-order valence-corrected chi connectivity index (χ1v) is 6.53. The zero-order valence-electron chi connectivity index (χ0n) is 8.57. The monoisotopic (exact) mass is 215 g/mol. The van der Waals surface area contributed by atoms with E-state index in [0.29, 0.717) is 11.4 Å². The van der Waals surface area contributed by atoms with Crippen molar-refractivity contribution in [2.45, 2.75) is 30.8 Å². The summed E-state index contributed by atoms with van der Waals surface area (Å²) in [4.78, 5) is 0. The Morgan fingerprint density at radius 2 is 2.14 bits per heavy atom. The molecule has 1 spiro atoms. The quantitative estimate of drug-likeness (QED) is 0.454. The summed E-state index contributed by atoms with van der Waals surface area (Å²) in [5.74, 6) is 1.70. The predicted molar refractivity (Wildman–Crippen MR) is 56.7 cm³/mol. The summed E-state index contributed by atoms with van der Waals surface area (Å²) in [6.07, 6.45) is 2.16. The fraction of sp³-hybridized carbons (Fsp3) is 1.00. The third kappa shape index (κ3) is 1.24. The maximum absolute atomic E-state index is 12.2. The Morgan fingerprint density at radius 3 is 2.64 bits per heavy atom. The molecule has 4 fully saturated rings. The first-order valence-electron chi connectivity index (χ1n) is 5.49. The van der Waals surface area contributed by atoms with Crippen molar-refractivity contribution in [1.82, 2.24) is 0 Å². The molecule has 0 aliphatic carbocycles. The molecule has 4 heterocycles. The van der Waals surface area contributed by atoms with Crippen molar-refractivity contribution in [2.24, 2.45) is 5.92 Å². The van der Waals surface area contributed by atoms with Crippen molar-refractivity contribution in [3.63, 3.8) is 0 Å². The third-order valence-electron chi connectivity index (χ3n) is 4.03. The summed E-state index contributed by atoms with van der Waals surface area (Å²) in [6.45, 7) is 4.48. The van der Waals surface area contributed by atoms with Gasteiger partial charge in [0.2, 0.25) is 0 Å². The Kier molecular flexibility index (Phi) is 1.94. The van der Waals surface area contributed by atoms with Gasteiger partial charge in [-0.3, -0.25) is 0 Å². The lowest BCUT2D eigenvalue weighted by Crippen LogP contribution is -2.67. The maximum atomic E-state index is 12.2. The van der Waals surface area contributed by atoms with Gasteiger partial charge < -0.3 is 14.6 Å². The predicted octanol–water partition coefficient (Wildman–Crippen LogP) is 1.57. The molecule has 4 saturated heterocycles. The van der Waals surface area contributed by atoms with Crippen LogP contribution in [-0.4, -0.2) is 41.1 Å². The molecule has 0 saturated carbocycles. The van der Waals surface area contributed by atoms with Gasteiger partial charge in [0.1, 0.15) is 17.6 Å². The van der Waals surface area contributed by atoms with Crippen LogP contribution in [0.4, 0.5) is 0 Å². The van der Waals surface area contributed by atoms with Gasteiger partial charge in [0.05, 0.1) is 13.1 Å². The van der Waals surface area contributed by atoms with Crippen LogP contribution in [0.3, 0.4) is 0 Å². The molecule has 0 unspecified atom stereocenters. The summed E-state index contributed by atoms with van der Waals surface area (Å²) in [5, 5.41) is 12.2. The molecule has 4 heteroatoms. The van der Waals surface area contributed by atoms with Crippen LogP contribution in [0.1, 0.15) is 19.8 Å². The highest BCUT2D eigenvalue weighted by molar-refractivity contribution is 8.00. The molecule has 0 radical (unpaired) electrons. The lowest BCUT2D eigenvalue weighted by atomic mass is 9.76. The molecule has 0 amide bonds. The van der Waals surface area contributed by atoms with Gasteiger partial charge in [-0.25, -0.2) is 0 Å². The minimum absolute atomic E-state index is 0.0176. The molecule has 4 aliphatic rings. The number of nitrogens with zero attached hydrogens (tertiary/aromatic N) is 1. The van der Waals surface area contributed by atoms with Crippen molar-refractivity contribution < 1.29 is 9.38 Å². The normalized spacial score (nSPS) is 57.0. The largest absolute Gasteiger partial charge is 0.633 e. The van der Waals surface area contributed by atoms with Gasteiger partial charge in [-0.15, -0.1) is 11.8 Å². The van der Waals surface area contributed by atoms with E-state index in [9.17, 15) is 5.21 Å².